The third-order valence-electron chi connectivity index (χ3n) is 6.46. The maximum atomic E-state index is 13.6. The molecule has 14 heteroatoms. The number of benzene rings is 2. The zero-order valence-electron chi connectivity index (χ0n) is 22.9. The second kappa shape index (κ2) is 11.6. The van der Waals surface area contributed by atoms with Crippen LogP contribution in [-0.4, -0.2) is 43.9 Å². The molecular formula is C28H26F3N5O5S. The van der Waals surface area contributed by atoms with E-state index in [9.17, 15) is 31.8 Å². The number of halogens is 3. The van der Waals surface area contributed by atoms with E-state index in [0.29, 0.717) is 22.5 Å². The van der Waals surface area contributed by atoms with Gasteiger partial charge in [-0.3, -0.25) is 18.8 Å². The molecular weight excluding hydrogens is 575 g/mol. The Hall–Kier alpha value is -4.72. The fourth-order valence-electron chi connectivity index (χ4n) is 4.27. The topological polar surface area (TPSA) is 125 Å². The van der Waals surface area contributed by atoms with Gasteiger partial charge in [0.2, 0.25) is 0 Å². The van der Waals surface area contributed by atoms with Gasteiger partial charge in [0.05, 0.1) is 28.1 Å². The first kappa shape index (κ1) is 30.2. The van der Waals surface area contributed by atoms with E-state index in [0.717, 1.165) is 23.8 Å². The predicted molar refractivity (Wildman–Crippen MR) is 149 cm³/mol. The second-order valence-electron chi connectivity index (χ2n) is 9.28. The van der Waals surface area contributed by atoms with Crippen molar-refractivity contribution in [3.63, 3.8) is 0 Å². The van der Waals surface area contributed by atoms with E-state index in [4.69, 9.17) is 0 Å². The quantitative estimate of drug-likeness (QED) is 0.341. The molecule has 2 amide bonds. The van der Waals surface area contributed by atoms with Crippen LogP contribution in [0.2, 0.25) is 0 Å². The minimum atomic E-state index is -4.64. The highest BCUT2D eigenvalue weighted by Gasteiger charge is 2.31. The van der Waals surface area contributed by atoms with Gasteiger partial charge in [-0.2, -0.15) is 18.3 Å². The highest BCUT2D eigenvalue weighted by Crippen LogP contribution is 2.31. The van der Waals surface area contributed by atoms with Crippen LogP contribution in [0.1, 0.15) is 27.2 Å². The number of aromatic nitrogens is 3. The van der Waals surface area contributed by atoms with Crippen molar-refractivity contribution >= 4 is 21.7 Å². The predicted octanol–water partition coefficient (Wildman–Crippen LogP) is 4.72. The molecule has 0 bridgehead atoms. The van der Waals surface area contributed by atoms with Gasteiger partial charge in [-0.05, 0) is 55.0 Å². The van der Waals surface area contributed by atoms with Crippen LogP contribution < -0.4 is 10.9 Å². The van der Waals surface area contributed by atoms with Crippen LogP contribution in [0.5, 0.6) is 0 Å². The van der Waals surface area contributed by atoms with Gasteiger partial charge in [-0.1, -0.05) is 18.2 Å². The zero-order valence-corrected chi connectivity index (χ0v) is 23.7. The van der Waals surface area contributed by atoms with Crippen LogP contribution >= 0.6 is 0 Å². The molecule has 1 N–H and O–H groups in total. The van der Waals surface area contributed by atoms with Crippen molar-refractivity contribution in [2.24, 2.45) is 11.4 Å². The van der Waals surface area contributed by atoms with Crippen molar-refractivity contribution in [2.75, 3.05) is 13.4 Å². The van der Waals surface area contributed by atoms with Crippen molar-refractivity contribution < 1.29 is 31.7 Å². The number of nitrogens with zero attached hydrogens (tertiary/aromatic N) is 4. The molecule has 1 unspecified atom stereocenters. The first-order valence-electron chi connectivity index (χ1n) is 12.3. The Morgan fingerprint density at radius 2 is 1.79 bits per heavy atom. The number of hydrogen-bond donors (Lipinski definition) is 1. The summed E-state index contributed by atoms with van der Waals surface area (Å²) in [6.45, 7) is 1.54. The zero-order chi connectivity index (χ0) is 30.8. The third kappa shape index (κ3) is 6.28. The Labute approximate surface area is 238 Å². The lowest BCUT2D eigenvalue weighted by Crippen LogP contribution is -2.33. The molecule has 0 saturated heterocycles. The maximum absolute atomic E-state index is 13.6. The number of rotatable bonds is 6. The van der Waals surface area contributed by atoms with Crippen LogP contribution in [0.3, 0.4) is 0 Å². The highest BCUT2D eigenvalue weighted by molar-refractivity contribution is 7.93. The number of methoxy groups -OCH3 is 1. The fraction of sp³-hybridized carbons (Fsp3) is 0.214. The number of aryl methyl sites for hydroxylation is 1. The Balaban J connectivity index is 1.72. The standard InChI is InChI=1S/C28H26F3N5O5S/c1-17-22(24-12-13-33-35(24)2)15-23(26(38)36(17)20-7-5-6-19(14-20)28(29,30)31)25(37)32-16-18-8-10-21(11-9-18)42(4,40)34-27(39)41-3/h5-15H,16H2,1-4H3,(H,32,37). The van der Waals surface area contributed by atoms with Gasteiger partial charge in [-0.25, -0.2) is 9.00 Å². The van der Waals surface area contributed by atoms with E-state index in [1.165, 1.54) is 47.5 Å². The second-order valence-corrected chi connectivity index (χ2v) is 11.5. The Morgan fingerprint density at radius 3 is 2.38 bits per heavy atom. The number of carbonyl (C=O) groups is 2. The number of carbonyl (C=O) groups excluding carboxylic acids is 2. The lowest BCUT2D eigenvalue weighted by atomic mass is 10.1. The van der Waals surface area contributed by atoms with Crippen LogP contribution in [-0.2, 0) is 34.2 Å². The summed E-state index contributed by atoms with van der Waals surface area (Å²) in [6.07, 6.45) is -2.81. The summed E-state index contributed by atoms with van der Waals surface area (Å²) in [4.78, 5) is 38.6. The third-order valence-corrected chi connectivity index (χ3v) is 8.10. The van der Waals surface area contributed by atoms with Crippen molar-refractivity contribution in [1.29, 1.82) is 0 Å². The summed E-state index contributed by atoms with van der Waals surface area (Å²) in [6, 6.07) is 13.5. The molecule has 42 heavy (non-hydrogen) atoms. The van der Waals surface area contributed by atoms with E-state index in [1.54, 1.807) is 32.2 Å². The molecule has 0 aliphatic rings. The van der Waals surface area contributed by atoms with Crippen LogP contribution in [0.4, 0.5) is 18.0 Å². The molecule has 0 radical (unpaired) electrons. The van der Waals surface area contributed by atoms with Crippen molar-refractivity contribution in [2.45, 2.75) is 24.5 Å². The summed E-state index contributed by atoms with van der Waals surface area (Å²) in [5.74, 6) is -0.756. The smallest absolute Gasteiger partial charge is 0.441 e. The molecule has 2 heterocycles. The molecule has 2 aromatic carbocycles. The number of nitrogens with one attached hydrogen (secondary N) is 1. The number of alkyl halides is 3. The van der Waals surface area contributed by atoms with Crippen molar-refractivity contribution in [3.05, 3.63) is 99.6 Å². The number of pyridine rings is 1. The first-order valence-corrected chi connectivity index (χ1v) is 14.2. The van der Waals surface area contributed by atoms with Crippen LogP contribution in [0, 0.1) is 6.92 Å². The maximum Gasteiger partial charge on any atom is 0.441 e. The van der Waals surface area contributed by atoms with Gasteiger partial charge >= 0.3 is 12.3 Å². The van der Waals surface area contributed by atoms with Crippen LogP contribution in [0.15, 0.2) is 80.9 Å². The minimum absolute atomic E-state index is 0.0317. The van der Waals surface area contributed by atoms with Gasteiger partial charge in [0.25, 0.3) is 11.5 Å². The molecule has 0 fully saturated rings. The summed E-state index contributed by atoms with van der Waals surface area (Å²) in [5, 5.41) is 6.78. The fourth-order valence-corrected chi connectivity index (χ4v) is 5.37. The summed E-state index contributed by atoms with van der Waals surface area (Å²) in [5.41, 5.74) is -0.233. The number of ether oxygens (including phenoxy) is 1. The van der Waals surface area contributed by atoms with E-state index < -0.39 is 39.0 Å². The highest BCUT2D eigenvalue weighted by atomic mass is 32.2. The molecule has 0 saturated carbocycles. The first-order chi connectivity index (χ1) is 19.7. The number of hydrogen-bond acceptors (Lipinski definition) is 6. The van der Waals surface area contributed by atoms with Crippen molar-refractivity contribution in [1.82, 2.24) is 19.7 Å². The average molecular weight is 602 g/mol. The normalized spacial score (nSPS) is 12.8. The van der Waals surface area contributed by atoms with Gasteiger partial charge in [0, 0.05) is 47.9 Å². The molecule has 1 atom stereocenters. The summed E-state index contributed by atoms with van der Waals surface area (Å²) in [7, 11) is -0.276. The SMILES string of the molecule is COC(=O)N=S(C)(=O)c1ccc(CNC(=O)c2cc(-c3ccnn3C)c(C)n(-c3cccc(C(F)(F)F)c3)c2=O)cc1. The van der Waals surface area contributed by atoms with E-state index in [2.05, 4.69) is 19.5 Å². The summed E-state index contributed by atoms with van der Waals surface area (Å²) < 4.78 is 63.7. The monoisotopic (exact) mass is 601 g/mol. The Bertz CT molecular complexity index is 1850. The van der Waals surface area contributed by atoms with Gasteiger partial charge < -0.3 is 10.1 Å². The molecule has 2 aromatic heterocycles. The van der Waals surface area contributed by atoms with Crippen molar-refractivity contribution in [3.8, 4) is 16.9 Å². The minimum Gasteiger partial charge on any atom is -0.451 e. The van der Waals surface area contributed by atoms with Crippen LogP contribution in [0.25, 0.3) is 16.9 Å². The Kier molecular flexibility index (Phi) is 8.38. The molecule has 4 rings (SSSR count). The van der Waals surface area contributed by atoms with Gasteiger partial charge in [0.1, 0.15) is 5.56 Å². The lowest BCUT2D eigenvalue weighted by molar-refractivity contribution is -0.137. The van der Waals surface area contributed by atoms with E-state index in [1.807, 2.05) is 0 Å². The lowest BCUT2D eigenvalue weighted by Gasteiger charge is -2.18. The van der Waals surface area contributed by atoms with E-state index >= 15 is 0 Å². The molecule has 0 aliphatic heterocycles. The average Bonchev–Trinajstić information content (AvgIpc) is 3.37. The van der Waals surface area contributed by atoms with Gasteiger partial charge in [-0.15, -0.1) is 4.36 Å². The number of amides is 2. The Morgan fingerprint density at radius 1 is 1.10 bits per heavy atom. The summed E-state index contributed by atoms with van der Waals surface area (Å²) >= 11 is 0. The van der Waals surface area contributed by atoms with E-state index in [-0.39, 0.29) is 22.7 Å². The van der Waals surface area contributed by atoms with Gasteiger partial charge in [0.15, 0.2) is 0 Å². The molecule has 10 nitrogen and oxygen atoms in total. The molecule has 4 aromatic rings. The molecule has 0 aliphatic carbocycles. The molecule has 220 valence electrons. The molecule has 0 spiro atoms. The largest absolute Gasteiger partial charge is 0.451 e.